The fourth-order valence-corrected chi connectivity index (χ4v) is 5.15. The van der Waals surface area contributed by atoms with Gasteiger partial charge in [-0.25, -0.2) is 4.39 Å². The molecule has 1 fully saturated rings. The first-order valence-electron chi connectivity index (χ1n) is 11.5. The molecule has 2 aromatic carbocycles. The number of carbonyl (C=O) groups is 1. The Morgan fingerprint density at radius 2 is 1.94 bits per heavy atom. The maximum Gasteiger partial charge on any atom is 0.241 e. The lowest BCUT2D eigenvalue weighted by Gasteiger charge is -2.30. The molecule has 9 heteroatoms. The van der Waals surface area contributed by atoms with Crippen LogP contribution in [0.4, 0.5) is 4.39 Å². The van der Waals surface area contributed by atoms with Gasteiger partial charge in [-0.2, -0.15) is 16.7 Å². The van der Waals surface area contributed by atoms with E-state index >= 15 is 0 Å². The van der Waals surface area contributed by atoms with Gasteiger partial charge in [-0.15, -0.1) is 0 Å². The molecule has 3 aromatic rings. The molecule has 1 saturated heterocycles. The third-order valence-corrected chi connectivity index (χ3v) is 7.33. The van der Waals surface area contributed by atoms with Crippen LogP contribution in [0, 0.1) is 11.7 Å². The van der Waals surface area contributed by atoms with Crippen LogP contribution in [0.5, 0.6) is 0 Å². The SMILES string of the molecule is O=C(NCCCSCc1ccccc1Cl)C1CCN(Cc2nc(-c3ccc(F)cc3)no2)CC1. The number of thioether (sulfide) groups is 1. The zero-order valence-corrected chi connectivity index (χ0v) is 20.5. The highest BCUT2D eigenvalue weighted by Gasteiger charge is 2.25. The molecule has 0 unspecified atom stereocenters. The Labute approximate surface area is 208 Å². The van der Waals surface area contributed by atoms with Crippen LogP contribution in [0.3, 0.4) is 0 Å². The Morgan fingerprint density at radius 3 is 2.71 bits per heavy atom. The van der Waals surface area contributed by atoms with Crippen molar-refractivity contribution in [3.05, 3.63) is 70.8 Å². The topological polar surface area (TPSA) is 71.3 Å². The van der Waals surface area contributed by atoms with Crippen molar-refractivity contribution in [3.63, 3.8) is 0 Å². The number of benzene rings is 2. The number of hydrogen-bond acceptors (Lipinski definition) is 6. The van der Waals surface area contributed by atoms with Gasteiger partial charge in [-0.3, -0.25) is 9.69 Å². The van der Waals surface area contributed by atoms with Crippen LogP contribution in [-0.2, 0) is 17.1 Å². The predicted molar refractivity (Wildman–Crippen MR) is 133 cm³/mol. The summed E-state index contributed by atoms with van der Waals surface area (Å²) in [5.41, 5.74) is 1.87. The number of halogens is 2. The number of aromatic nitrogens is 2. The largest absolute Gasteiger partial charge is 0.356 e. The molecule has 1 aliphatic rings. The molecular weight excluding hydrogens is 475 g/mol. The van der Waals surface area contributed by atoms with E-state index < -0.39 is 0 Å². The number of carbonyl (C=O) groups excluding carboxylic acids is 1. The van der Waals surface area contributed by atoms with E-state index in [9.17, 15) is 9.18 Å². The smallest absolute Gasteiger partial charge is 0.241 e. The van der Waals surface area contributed by atoms with Gasteiger partial charge in [-0.1, -0.05) is 35.0 Å². The fourth-order valence-electron chi connectivity index (χ4n) is 3.91. The van der Waals surface area contributed by atoms with Crippen LogP contribution in [0.1, 0.15) is 30.7 Å². The van der Waals surface area contributed by atoms with Crippen molar-refractivity contribution >= 4 is 29.3 Å². The molecule has 1 amide bonds. The first-order chi connectivity index (χ1) is 16.6. The van der Waals surface area contributed by atoms with Crippen molar-refractivity contribution in [3.8, 4) is 11.4 Å². The second-order valence-electron chi connectivity index (χ2n) is 8.36. The summed E-state index contributed by atoms with van der Waals surface area (Å²) >= 11 is 8.01. The summed E-state index contributed by atoms with van der Waals surface area (Å²) in [6.45, 7) is 2.86. The normalized spacial score (nSPS) is 14.9. The predicted octanol–water partition coefficient (Wildman–Crippen LogP) is 5.18. The maximum atomic E-state index is 13.1. The van der Waals surface area contributed by atoms with Crippen LogP contribution in [0.25, 0.3) is 11.4 Å². The van der Waals surface area contributed by atoms with E-state index in [0.717, 1.165) is 54.4 Å². The summed E-state index contributed by atoms with van der Waals surface area (Å²) in [5.74, 6) is 2.74. The number of amides is 1. The Morgan fingerprint density at radius 1 is 1.18 bits per heavy atom. The lowest BCUT2D eigenvalue weighted by atomic mass is 9.96. The molecule has 4 rings (SSSR count). The van der Waals surface area contributed by atoms with Crippen LogP contribution in [0.2, 0.25) is 5.02 Å². The highest BCUT2D eigenvalue weighted by molar-refractivity contribution is 7.98. The number of hydrogen-bond donors (Lipinski definition) is 1. The summed E-state index contributed by atoms with van der Waals surface area (Å²) < 4.78 is 18.5. The molecule has 34 heavy (non-hydrogen) atoms. The number of nitrogens with zero attached hydrogens (tertiary/aromatic N) is 3. The molecule has 0 saturated carbocycles. The summed E-state index contributed by atoms with van der Waals surface area (Å²) in [4.78, 5) is 19.2. The maximum absolute atomic E-state index is 13.1. The zero-order valence-electron chi connectivity index (χ0n) is 18.9. The second kappa shape index (κ2) is 12.3. The third-order valence-electron chi connectivity index (χ3n) is 5.87. The monoisotopic (exact) mass is 502 g/mol. The van der Waals surface area contributed by atoms with Gasteiger partial charge >= 0.3 is 0 Å². The van der Waals surface area contributed by atoms with Gasteiger partial charge < -0.3 is 9.84 Å². The van der Waals surface area contributed by atoms with Gasteiger partial charge in [0.2, 0.25) is 17.6 Å². The second-order valence-corrected chi connectivity index (χ2v) is 9.87. The number of likely N-dealkylation sites (tertiary alicyclic amines) is 1. The van der Waals surface area contributed by atoms with Crippen molar-refractivity contribution in [2.45, 2.75) is 31.6 Å². The Bertz CT molecular complexity index is 1070. The van der Waals surface area contributed by atoms with E-state index in [1.165, 1.54) is 12.1 Å². The minimum absolute atomic E-state index is 0.0458. The molecule has 1 aromatic heterocycles. The van der Waals surface area contributed by atoms with Gasteiger partial charge in [0.05, 0.1) is 6.54 Å². The van der Waals surface area contributed by atoms with Crippen molar-refractivity contribution in [1.82, 2.24) is 20.4 Å². The first kappa shape index (κ1) is 24.7. The van der Waals surface area contributed by atoms with Crippen molar-refractivity contribution in [1.29, 1.82) is 0 Å². The fraction of sp³-hybridized carbons (Fsp3) is 0.400. The standard InChI is InChI=1S/C25H28ClFN4O2S/c26-22-5-2-1-4-20(22)17-34-15-3-12-28-25(32)19-10-13-31(14-11-19)16-23-29-24(30-33-23)18-6-8-21(27)9-7-18/h1-2,4-9,19H,3,10-17H2,(H,28,32). The molecule has 0 aliphatic carbocycles. The van der Waals surface area contributed by atoms with E-state index in [1.54, 1.807) is 12.1 Å². The highest BCUT2D eigenvalue weighted by atomic mass is 35.5. The summed E-state index contributed by atoms with van der Waals surface area (Å²) in [7, 11) is 0. The molecule has 0 bridgehead atoms. The molecule has 0 atom stereocenters. The third kappa shape index (κ3) is 7.04. The van der Waals surface area contributed by atoms with Crippen LogP contribution >= 0.6 is 23.4 Å². The van der Waals surface area contributed by atoms with Gasteiger partial charge in [0.15, 0.2) is 0 Å². The first-order valence-corrected chi connectivity index (χ1v) is 13.0. The van der Waals surface area contributed by atoms with Crippen molar-refractivity contribution in [2.24, 2.45) is 5.92 Å². The average molecular weight is 503 g/mol. The molecule has 180 valence electrons. The van der Waals surface area contributed by atoms with E-state index in [2.05, 4.69) is 20.4 Å². The summed E-state index contributed by atoms with van der Waals surface area (Å²) in [5, 5.41) is 7.89. The Balaban J connectivity index is 1.11. The van der Waals surface area contributed by atoms with E-state index in [-0.39, 0.29) is 17.6 Å². The molecule has 0 spiro atoms. The van der Waals surface area contributed by atoms with E-state index in [4.69, 9.17) is 16.1 Å². The van der Waals surface area contributed by atoms with Crippen LogP contribution in [-0.4, -0.2) is 46.3 Å². The summed E-state index contributed by atoms with van der Waals surface area (Å²) in [6.07, 6.45) is 2.56. The van der Waals surface area contributed by atoms with E-state index in [0.29, 0.717) is 30.4 Å². The van der Waals surface area contributed by atoms with Gasteiger partial charge in [0.1, 0.15) is 5.82 Å². The van der Waals surface area contributed by atoms with Crippen LogP contribution < -0.4 is 5.32 Å². The van der Waals surface area contributed by atoms with Crippen molar-refractivity contribution in [2.75, 3.05) is 25.4 Å². The Hall–Kier alpha value is -2.42. The van der Waals surface area contributed by atoms with Gasteiger partial charge in [0.25, 0.3) is 0 Å². The quantitative estimate of drug-likeness (QED) is 0.385. The van der Waals surface area contributed by atoms with Gasteiger partial charge in [-0.05, 0) is 74.0 Å². The number of nitrogens with one attached hydrogen (secondary N) is 1. The number of rotatable bonds is 10. The molecule has 1 aliphatic heterocycles. The lowest BCUT2D eigenvalue weighted by Crippen LogP contribution is -2.40. The van der Waals surface area contributed by atoms with Crippen molar-refractivity contribution < 1.29 is 13.7 Å². The zero-order chi connectivity index (χ0) is 23.8. The van der Waals surface area contributed by atoms with Crippen LogP contribution in [0.15, 0.2) is 53.1 Å². The van der Waals surface area contributed by atoms with E-state index in [1.807, 2.05) is 36.0 Å². The molecular formula is C25H28ClFN4O2S. The summed E-state index contributed by atoms with van der Waals surface area (Å²) in [6, 6.07) is 13.9. The highest BCUT2D eigenvalue weighted by Crippen LogP contribution is 2.22. The lowest BCUT2D eigenvalue weighted by molar-refractivity contribution is -0.126. The molecule has 6 nitrogen and oxygen atoms in total. The Kier molecular flexibility index (Phi) is 8.96. The number of piperidine rings is 1. The minimum Gasteiger partial charge on any atom is -0.356 e. The molecule has 0 radical (unpaired) electrons. The average Bonchev–Trinajstić information content (AvgIpc) is 3.31. The van der Waals surface area contributed by atoms with Gasteiger partial charge in [0, 0.05) is 28.8 Å². The molecule has 2 heterocycles. The molecule has 1 N–H and O–H groups in total. The minimum atomic E-state index is -0.299.